The summed E-state index contributed by atoms with van der Waals surface area (Å²) in [4.78, 5) is 0. The topological polar surface area (TPSA) is 9.23 Å². The first-order chi connectivity index (χ1) is 9.49. The van der Waals surface area contributed by atoms with E-state index in [9.17, 15) is 0 Å². The molecule has 0 radical (unpaired) electrons. The summed E-state index contributed by atoms with van der Waals surface area (Å²) in [5.41, 5.74) is 4.04. The highest BCUT2D eigenvalue weighted by Crippen LogP contribution is 2.42. The number of hydrogen-bond donors (Lipinski definition) is 0. The van der Waals surface area contributed by atoms with Gasteiger partial charge < -0.3 is 4.43 Å². The van der Waals surface area contributed by atoms with Gasteiger partial charge in [-0.25, -0.2) is 0 Å². The maximum absolute atomic E-state index is 6.69. The molecule has 0 aliphatic heterocycles. The second-order valence-electron chi connectivity index (χ2n) is 6.70. The van der Waals surface area contributed by atoms with Crippen molar-refractivity contribution in [1.29, 1.82) is 0 Å². The van der Waals surface area contributed by atoms with Crippen LogP contribution < -0.4 is 0 Å². The Labute approximate surface area is 122 Å². The largest absolute Gasteiger partial charge is 0.407 e. The molecule has 2 aromatic rings. The van der Waals surface area contributed by atoms with Gasteiger partial charge in [0.1, 0.15) is 0 Å². The summed E-state index contributed by atoms with van der Waals surface area (Å²) in [6.07, 6.45) is 1.99. The summed E-state index contributed by atoms with van der Waals surface area (Å²) in [6.45, 7) is 6.84. The van der Waals surface area contributed by atoms with Crippen molar-refractivity contribution in [2.24, 2.45) is 0 Å². The van der Waals surface area contributed by atoms with Gasteiger partial charge in [0.15, 0.2) is 8.32 Å². The van der Waals surface area contributed by atoms with Crippen molar-refractivity contribution in [3.8, 4) is 0 Å². The lowest BCUT2D eigenvalue weighted by molar-refractivity contribution is 0.0693. The molecule has 0 spiro atoms. The lowest BCUT2D eigenvalue weighted by atomic mass is 9.91. The van der Waals surface area contributed by atoms with E-state index in [0.29, 0.717) is 0 Å². The second kappa shape index (κ2) is 4.87. The van der Waals surface area contributed by atoms with Crippen molar-refractivity contribution in [3.63, 3.8) is 0 Å². The first-order valence-corrected chi connectivity index (χ1v) is 10.7. The summed E-state index contributed by atoms with van der Waals surface area (Å²) < 4.78 is 6.69. The molecular weight excluding hydrogens is 260 g/mol. The van der Waals surface area contributed by atoms with Crippen molar-refractivity contribution in [1.82, 2.24) is 0 Å². The SMILES string of the molecule is C[Si](C)(C)OC1(c2ccccc2)Cc2ccccc2C1. The van der Waals surface area contributed by atoms with E-state index in [0.717, 1.165) is 12.8 Å². The molecule has 1 nitrogen and oxygen atoms in total. The second-order valence-corrected chi connectivity index (χ2v) is 11.1. The highest BCUT2D eigenvalue weighted by molar-refractivity contribution is 6.69. The van der Waals surface area contributed by atoms with Gasteiger partial charge in [-0.3, -0.25) is 0 Å². The summed E-state index contributed by atoms with van der Waals surface area (Å²) in [7, 11) is -1.62. The quantitative estimate of drug-likeness (QED) is 0.751. The number of benzene rings is 2. The van der Waals surface area contributed by atoms with Gasteiger partial charge in [-0.05, 0) is 36.3 Å². The summed E-state index contributed by atoms with van der Waals surface area (Å²) in [5, 5.41) is 0. The molecule has 2 aromatic carbocycles. The standard InChI is InChI=1S/C18H22OSi/c1-20(2,3)19-18(17-11-5-4-6-12-17)13-15-9-7-8-10-16(15)14-18/h4-12H,13-14H2,1-3H3. The predicted molar refractivity (Wildman–Crippen MR) is 86.4 cm³/mol. The van der Waals surface area contributed by atoms with Crippen LogP contribution in [-0.2, 0) is 22.9 Å². The van der Waals surface area contributed by atoms with Gasteiger partial charge in [0.05, 0.1) is 5.60 Å². The average Bonchev–Trinajstić information content (AvgIpc) is 2.76. The maximum atomic E-state index is 6.69. The lowest BCUT2D eigenvalue weighted by Crippen LogP contribution is -2.41. The zero-order valence-corrected chi connectivity index (χ0v) is 13.5. The molecule has 0 aromatic heterocycles. The van der Waals surface area contributed by atoms with E-state index in [1.807, 2.05) is 0 Å². The molecule has 0 heterocycles. The van der Waals surface area contributed by atoms with Crippen LogP contribution in [0.15, 0.2) is 54.6 Å². The molecule has 0 N–H and O–H groups in total. The van der Waals surface area contributed by atoms with Gasteiger partial charge in [0.25, 0.3) is 0 Å². The highest BCUT2D eigenvalue weighted by atomic mass is 28.4. The van der Waals surface area contributed by atoms with E-state index < -0.39 is 8.32 Å². The number of rotatable bonds is 3. The Bertz CT molecular complexity index is 573. The molecule has 1 aliphatic rings. The van der Waals surface area contributed by atoms with Crippen molar-refractivity contribution in [2.45, 2.75) is 38.1 Å². The normalized spacial score (nSPS) is 16.9. The van der Waals surface area contributed by atoms with Crippen molar-refractivity contribution in [3.05, 3.63) is 71.3 Å². The molecule has 0 saturated carbocycles. The van der Waals surface area contributed by atoms with Crippen molar-refractivity contribution in [2.75, 3.05) is 0 Å². The molecule has 3 rings (SSSR count). The Kier molecular flexibility index (Phi) is 3.31. The Hall–Kier alpha value is -1.38. The van der Waals surface area contributed by atoms with Crippen LogP contribution in [0.3, 0.4) is 0 Å². The van der Waals surface area contributed by atoms with E-state index in [1.54, 1.807) is 0 Å². The minimum absolute atomic E-state index is 0.157. The molecule has 104 valence electrons. The van der Waals surface area contributed by atoms with Crippen molar-refractivity contribution < 1.29 is 4.43 Å². The minimum Gasteiger partial charge on any atom is -0.407 e. The Morgan fingerprint density at radius 3 is 1.80 bits per heavy atom. The maximum Gasteiger partial charge on any atom is 0.185 e. The predicted octanol–water partition coefficient (Wildman–Crippen LogP) is 4.53. The van der Waals surface area contributed by atoms with Crippen LogP contribution >= 0.6 is 0 Å². The summed E-state index contributed by atoms with van der Waals surface area (Å²) >= 11 is 0. The molecular formula is C18H22OSi. The third-order valence-corrected chi connectivity index (χ3v) is 4.87. The fourth-order valence-corrected chi connectivity index (χ4v) is 4.68. The highest BCUT2D eigenvalue weighted by Gasteiger charge is 2.42. The summed E-state index contributed by atoms with van der Waals surface area (Å²) in [5.74, 6) is 0. The van der Waals surface area contributed by atoms with Gasteiger partial charge >= 0.3 is 0 Å². The van der Waals surface area contributed by atoms with E-state index in [-0.39, 0.29) is 5.60 Å². The number of fused-ring (bicyclic) bond motifs is 1. The van der Waals surface area contributed by atoms with Crippen LogP contribution in [-0.4, -0.2) is 8.32 Å². The van der Waals surface area contributed by atoms with Crippen LogP contribution in [0, 0.1) is 0 Å². The van der Waals surface area contributed by atoms with Crippen LogP contribution in [0.5, 0.6) is 0 Å². The molecule has 1 aliphatic carbocycles. The molecule has 0 saturated heterocycles. The van der Waals surface area contributed by atoms with Gasteiger partial charge in [0.2, 0.25) is 0 Å². The average molecular weight is 282 g/mol. The molecule has 0 unspecified atom stereocenters. The van der Waals surface area contributed by atoms with Crippen LogP contribution in [0.25, 0.3) is 0 Å². The van der Waals surface area contributed by atoms with Gasteiger partial charge in [-0.1, -0.05) is 54.6 Å². The molecule has 0 fully saturated rings. The third kappa shape index (κ3) is 2.58. The summed E-state index contributed by atoms with van der Waals surface area (Å²) in [6, 6.07) is 19.5. The first-order valence-electron chi connectivity index (χ1n) is 7.31. The monoisotopic (exact) mass is 282 g/mol. The van der Waals surface area contributed by atoms with Gasteiger partial charge in [-0.2, -0.15) is 0 Å². The number of hydrogen-bond acceptors (Lipinski definition) is 1. The van der Waals surface area contributed by atoms with Crippen LogP contribution in [0.1, 0.15) is 16.7 Å². The zero-order valence-electron chi connectivity index (χ0n) is 12.5. The fourth-order valence-electron chi connectivity index (χ4n) is 3.24. The van der Waals surface area contributed by atoms with E-state index in [4.69, 9.17) is 4.43 Å². The minimum atomic E-state index is -1.62. The fraction of sp³-hybridized carbons (Fsp3) is 0.333. The van der Waals surface area contributed by atoms with Crippen molar-refractivity contribution >= 4 is 8.32 Å². The molecule has 0 atom stereocenters. The molecule has 20 heavy (non-hydrogen) atoms. The molecule has 0 amide bonds. The third-order valence-electron chi connectivity index (χ3n) is 3.87. The molecule has 0 bridgehead atoms. The van der Waals surface area contributed by atoms with E-state index in [2.05, 4.69) is 74.2 Å². The smallest absolute Gasteiger partial charge is 0.185 e. The van der Waals surface area contributed by atoms with Gasteiger partial charge in [-0.15, -0.1) is 0 Å². The Morgan fingerprint density at radius 1 is 0.800 bits per heavy atom. The first kappa shape index (κ1) is 13.6. The Morgan fingerprint density at radius 2 is 1.30 bits per heavy atom. The van der Waals surface area contributed by atoms with Crippen LogP contribution in [0.2, 0.25) is 19.6 Å². The zero-order chi connectivity index (χ0) is 14.2. The van der Waals surface area contributed by atoms with Gasteiger partial charge in [0, 0.05) is 12.8 Å². The lowest BCUT2D eigenvalue weighted by Gasteiger charge is -2.36. The van der Waals surface area contributed by atoms with Crippen LogP contribution in [0.4, 0.5) is 0 Å². The van der Waals surface area contributed by atoms with E-state index >= 15 is 0 Å². The molecule has 2 heteroatoms. The van der Waals surface area contributed by atoms with E-state index in [1.165, 1.54) is 16.7 Å². The Balaban J connectivity index is 2.04.